The van der Waals surface area contributed by atoms with Gasteiger partial charge >= 0.3 is 0 Å². The molecular weight excluding hydrogens is 267 g/mol. The van der Waals surface area contributed by atoms with Crippen LogP contribution in [0.1, 0.15) is 0 Å². The Bertz CT molecular complexity index is 784. The van der Waals surface area contributed by atoms with E-state index in [2.05, 4.69) is 15.3 Å². The second kappa shape index (κ2) is 4.80. The van der Waals surface area contributed by atoms with Gasteiger partial charge in [0, 0.05) is 23.3 Å². The normalized spacial score (nSPS) is 10.8. The first-order chi connectivity index (χ1) is 9.65. The molecule has 0 atom stereocenters. The summed E-state index contributed by atoms with van der Waals surface area (Å²) in [4.78, 5) is 7.38. The van der Waals surface area contributed by atoms with Crippen LogP contribution in [0.5, 0.6) is 0 Å². The molecule has 0 saturated heterocycles. The topological polar surface area (TPSA) is 37.8 Å². The van der Waals surface area contributed by atoms with Crippen LogP contribution in [0, 0.1) is 17.6 Å². The summed E-state index contributed by atoms with van der Waals surface area (Å²) in [5, 5.41) is 3.37. The largest absolute Gasteiger partial charge is 0.337 e. The van der Waals surface area contributed by atoms with Crippen LogP contribution in [0.3, 0.4) is 0 Å². The number of nitrogens with zero attached hydrogens (tertiary/aromatic N) is 2. The summed E-state index contributed by atoms with van der Waals surface area (Å²) in [6.07, 6.45) is 1.63. The zero-order chi connectivity index (χ0) is 14.1. The molecule has 3 aromatic rings. The molecule has 0 radical (unpaired) electrons. The number of fused-ring (bicyclic) bond motifs is 1. The third-order valence-electron chi connectivity index (χ3n) is 2.79. The van der Waals surface area contributed by atoms with E-state index in [0.717, 1.165) is 5.39 Å². The summed E-state index contributed by atoms with van der Waals surface area (Å²) in [5.74, 6) is -4.02. The van der Waals surface area contributed by atoms with Crippen molar-refractivity contribution in [1.82, 2.24) is 9.97 Å². The first-order valence-corrected chi connectivity index (χ1v) is 5.77. The van der Waals surface area contributed by atoms with E-state index in [0.29, 0.717) is 17.3 Å². The van der Waals surface area contributed by atoms with Crippen LogP contribution >= 0.6 is 0 Å². The van der Waals surface area contributed by atoms with Gasteiger partial charge in [0.2, 0.25) is 0 Å². The van der Waals surface area contributed by atoms with E-state index in [-0.39, 0.29) is 5.82 Å². The zero-order valence-corrected chi connectivity index (χ0v) is 10.1. The number of rotatable bonds is 2. The molecule has 0 fully saturated rings. The summed E-state index contributed by atoms with van der Waals surface area (Å²) in [6.45, 7) is 0. The number of benzene rings is 1. The van der Waals surface area contributed by atoms with Crippen molar-refractivity contribution in [3.63, 3.8) is 0 Å². The SMILES string of the molecule is Fc1cc(F)c(Nc2cccc3ncccc23)nc1F. The van der Waals surface area contributed by atoms with Crippen LogP contribution in [-0.2, 0) is 0 Å². The number of aromatic nitrogens is 2. The van der Waals surface area contributed by atoms with E-state index < -0.39 is 17.6 Å². The number of hydrogen-bond donors (Lipinski definition) is 1. The van der Waals surface area contributed by atoms with Gasteiger partial charge in [-0.2, -0.15) is 9.37 Å². The molecule has 0 spiro atoms. The van der Waals surface area contributed by atoms with E-state index in [9.17, 15) is 13.2 Å². The Balaban J connectivity index is 2.08. The molecule has 0 aliphatic rings. The fourth-order valence-corrected chi connectivity index (χ4v) is 1.87. The highest BCUT2D eigenvalue weighted by molar-refractivity contribution is 5.92. The molecule has 100 valence electrons. The summed E-state index contributed by atoms with van der Waals surface area (Å²) in [6, 6.07) is 9.14. The Morgan fingerprint density at radius 3 is 2.65 bits per heavy atom. The highest BCUT2D eigenvalue weighted by Gasteiger charge is 2.12. The van der Waals surface area contributed by atoms with Gasteiger partial charge in [-0.05, 0) is 24.3 Å². The van der Waals surface area contributed by atoms with Crippen molar-refractivity contribution in [1.29, 1.82) is 0 Å². The Kier molecular flexibility index (Phi) is 2.98. The van der Waals surface area contributed by atoms with E-state index >= 15 is 0 Å². The Hall–Kier alpha value is -2.63. The predicted octanol–water partition coefficient (Wildman–Crippen LogP) is 3.79. The molecule has 0 unspecified atom stereocenters. The minimum Gasteiger partial charge on any atom is -0.337 e. The second-order valence-corrected chi connectivity index (χ2v) is 4.09. The molecule has 0 aliphatic carbocycles. The van der Waals surface area contributed by atoms with E-state index in [4.69, 9.17) is 0 Å². The summed E-state index contributed by atoms with van der Waals surface area (Å²) in [7, 11) is 0. The maximum atomic E-state index is 13.6. The minimum absolute atomic E-state index is 0.375. The maximum Gasteiger partial charge on any atom is 0.251 e. The van der Waals surface area contributed by atoms with Crippen LogP contribution in [0.4, 0.5) is 24.7 Å². The van der Waals surface area contributed by atoms with Crippen LogP contribution in [-0.4, -0.2) is 9.97 Å². The number of pyridine rings is 2. The molecule has 0 amide bonds. The number of hydrogen-bond acceptors (Lipinski definition) is 3. The fraction of sp³-hybridized carbons (Fsp3) is 0. The Morgan fingerprint density at radius 2 is 1.80 bits per heavy atom. The van der Waals surface area contributed by atoms with Gasteiger partial charge in [-0.1, -0.05) is 6.07 Å². The van der Waals surface area contributed by atoms with E-state index in [1.165, 1.54) is 0 Å². The van der Waals surface area contributed by atoms with Gasteiger partial charge in [0.15, 0.2) is 17.5 Å². The van der Waals surface area contributed by atoms with Crippen molar-refractivity contribution >= 4 is 22.4 Å². The molecule has 1 aromatic carbocycles. The van der Waals surface area contributed by atoms with Gasteiger partial charge in [0.1, 0.15) is 0 Å². The molecule has 0 bridgehead atoms. The highest BCUT2D eigenvalue weighted by Crippen LogP contribution is 2.26. The monoisotopic (exact) mass is 275 g/mol. The lowest BCUT2D eigenvalue weighted by Gasteiger charge is -2.09. The van der Waals surface area contributed by atoms with Crippen LogP contribution < -0.4 is 5.32 Å². The lowest BCUT2D eigenvalue weighted by Crippen LogP contribution is -2.02. The lowest BCUT2D eigenvalue weighted by molar-refractivity contribution is 0.467. The third-order valence-corrected chi connectivity index (χ3v) is 2.79. The fourth-order valence-electron chi connectivity index (χ4n) is 1.87. The average molecular weight is 275 g/mol. The van der Waals surface area contributed by atoms with Gasteiger partial charge in [-0.3, -0.25) is 4.98 Å². The van der Waals surface area contributed by atoms with Crippen LogP contribution in [0.15, 0.2) is 42.6 Å². The van der Waals surface area contributed by atoms with Crippen molar-refractivity contribution < 1.29 is 13.2 Å². The van der Waals surface area contributed by atoms with Gasteiger partial charge in [-0.15, -0.1) is 0 Å². The summed E-state index contributed by atoms with van der Waals surface area (Å²) >= 11 is 0. The first kappa shape index (κ1) is 12.4. The van der Waals surface area contributed by atoms with Gasteiger partial charge < -0.3 is 5.32 Å². The summed E-state index contributed by atoms with van der Waals surface area (Å²) in [5.41, 5.74) is 1.20. The number of anilines is 2. The van der Waals surface area contributed by atoms with Crippen molar-refractivity contribution in [3.8, 4) is 0 Å². The molecule has 3 nitrogen and oxygen atoms in total. The summed E-state index contributed by atoms with van der Waals surface area (Å²) < 4.78 is 39.5. The molecular formula is C14H8F3N3. The minimum atomic E-state index is -1.35. The van der Waals surface area contributed by atoms with Crippen LogP contribution in [0.2, 0.25) is 0 Å². The first-order valence-electron chi connectivity index (χ1n) is 5.77. The zero-order valence-electron chi connectivity index (χ0n) is 10.1. The third kappa shape index (κ3) is 2.16. The molecule has 2 heterocycles. The van der Waals surface area contributed by atoms with E-state index in [1.54, 1.807) is 36.5 Å². The molecule has 20 heavy (non-hydrogen) atoms. The molecule has 6 heteroatoms. The van der Waals surface area contributed by atoms with Gasteiger partial charge in [0.05, 0.1) is 5.52 Å². The average Bonchev–Trinajstić information content (AvgIpc) is 2.45. The maximum absolute atomic E-state index is 13.6. The molecule has 2 aromatic heterocycles. The van der Waals surface area contributed by atoms with Crippen molar-refractivity contribution in [2.45, 2.75) is 0 Å². The lowest BCUT2D eigenvalue weighted by atomic mass is 10.2. The van der Waals surface area contributed by atoms with E-state index in [1.807, 2.05) is 0 Å². The highest BCUT2D eigenvalue weighted by atomic mass is 19.2. The van der Waals surface area contributed by atoms with Crippen molar-refractivity contribution in [2.24, 2.45) is 0 Å². The molecule has 0 saturated carbocycles. The Labute approximate surface area is 112 Å². The number of halogens is 3. The van der Waals surface area contributed by atoms with Gasteiger partial charge in [0.25, 0.3) is 5.95 Å². The van der Waals surface area contributed by atoms with Crippen molar-refractivity contribution in [2.75, 3.05) is 5.32 Å². The Morgan fingerprint density at radius 1 is 0.950 bits per heavy atom. The molecule has 3 rings (SSSR count). The van der Waals surface area contributed by atoms with Gasteiger partial charge in [-0.25, -0.2) is 8.78 Å². The predicted molar refractivity (Wildman–Crippen MR) is 69.1 cm³/mol. The standard InChI is InChI=1S/C14H8F3N3/c15-9-7-10(16)14(20-13(9)17)19-12-5-1-4-11-8(12)3-2-6-18-11/h1-7H,(H,19,20). The van der Waals surface area contributed by atoms with Crippen molar-refractivity contribution in [3.05, 3.63) is 60.2 Å². The quantitative estimate of drug-likeness (QED) is 0.723. The molecule has 0 aliphatic heterocycles. The van der Waals surface area contributed by atoms with Crippen LogP contribution in [0.25, 0.3) is 10.9 Å². The second-order valence-electron chi connectivity index (χ2n) is 4.09. The number of nitrogens with one attached hydrogen (secondary N) is 1. The smallest absolute Gasteiger partial charge is 0.251 e. The molecule has 1 N–H and O–H groups in total.